The van der Waals surface area contributed by atoms with E-state index >= 15 is 0 Å². The van der Waals surface area contributed by atoms with Gasteiger partial charge < -0.3 is 5.32 Å². The molecule has 1 nitrogen and oxygen atoms in total. The number of benzene rings is 1. The third kappa shape index (κ3) is 2.41. The first kappa shape index (κ1) is 11.9. The Morgan fingerprint density at radius 1 is 1.38 bits per heavy atom. The van der Waals surface area contributed by atoms with Gasteiger partial charge in [-0.1, -0.05) is 38.1 Å². The van der Waals surface area contributed by atoms with Gasteiger partial charge in [0.25, 0.3) is 0 Å². The molecule has 1 aromatic carbocycles. The Bertz CT molecular complexity index is 348. The van der Waals surface area contributed by atoms with Crippen molar-refractivity contribution in [1.82, 2.24) is 5.32 Å². The lowest BCUT2D eigenvalue weighted by molar-refractivity contribution is 0.404. The van der Waals surface area contributed by atoms with Gasteiger partial charge in [0.05, 0.1) is 0 Å². The van der Waals surface area contributed by atoms with E-state index in [-0.39, 0.29) is 0 Å². The molecular formula is C14H20ClN. The fourth-order valence-corrected chi connectivity index (χ4v) is 2.77. The van der Waals surface area contributed by atoms with Gasteiger partial charge in [0.1, 0.15) is 0 Å². The SMILES string of the molecule is CC(C)C(CCl)NCC1Cc2ccccc21. The van der Waals surface area contributed by atoms with E-state index in [1.54, 1.807) is 0 Å². The maximum absolute atomic E-state index is 5.94. The van der Waals surface area contributed by atoms with Gasteiger partial charge in [-0.05, 0) is 23.5 Å². The molecule has 0 bridgehead atoms. The van der Waals surface area contributed by atoms with E-state index in [9.17, 15) is 0 Å². The van der Waals surface area contributed by atoms with Crippen LogP contribution in [-0.2, 0) is 6.42 Å². The summed E-state index contributed by atoms with van der Waals surface area (Å²) in [5, 5.41) is 3.58. The van der Waals surface area contributed by atoms with Crippen molar-refractivity contribution in [3.63, 3.8) is 0 Å². The van der Waals surface area contributed by atoms with Gasteiger partial charge in [-0.25, -0.2) is 0 Å². The van der Waals surface area contributed by atoms with Crippen molar-refractivity contribution >= 4 is 11.6 Å². The van der Waals surface area contributed by atoms with E-state index < -0.39 is 0 Å². The molecule has 1 aliphatic rings. The van der Waals surface area contributed by atoms with Gasteiger partial charge in [-0.2, -0.15) is 0 Å². The van der Waals surface area contributed by atoms with E-state index in [1.807, 2.05) is 0 Å². The molecule has 16 heavy (non-hydrogen) atoms. The third-order valence-electron chi connectivity index (χ3n) is 3.56. The molecule has 0 fully saturated rings. The topological polar surface area (TPSA) is 12.0 Å². The Kier molecular flexibility index (Phi) is 3.88. The number of nitrogens with one attached hydrogen (secondary N) is 1. The molecular weight excluding hydrogens is 218 g/mol. The summed E-state index contributed by atoms with van der Waals surface area (Å²) in [5.41, 5.74) is 3.04. The summed E-state index contributed by atoms with van der Waals surface area (Å²) in [6, 6.07) is 9.17. The summed E-state index contributed by atoms with van der Waals surface area (Å²) in [5.74, 6) is 2.00. The number of fused-ring (bicyclic) bond motifs is 1. The second-order valence-electron chi connectivity index (χ2n) is 5.01. The Balaban J connectivity index is 1.85. The average Bonchev–Trinajstić information content (AvgIpc) is 2.24. The maximum Gasteiger partial charge on any atom is 0.0379 e. The van der Waals surface area contributed by atoms with Gasteiger partial charge in [-0.3, -0.25) is 0 Å². The zero-order valence-corrected chi connectivity index (χ0v) is 10.8. The molecule has 0 saturated carbocycles. The number of hydrogen-bond donors (Lipinski definition) is 1. The van der Waals surface area contributed by atoms with E-state index in [2.05, 4.69) is 43.4 Å². The van der Waals surface area contributed by atoms with Crippen LogP contribution in [0, 0.1) is 5.92 Å². The molecule has 0 aliphatic heterocycles. The quantitative estimate of drug-likeness (QED) is 0.776. The molecule has 0 radical (unpaired) electrons. The lowest BCUT2D eigenvalue weighted by Crippen LogP contribution is -2.40. The average molecular weight is 238 g/mol. The van der Waals surface area contributed by atoms with Crippen LogP contribution >= 0.6 is 11.6 Å². The Morgan fingerprint density at radius 2 is 2.12 bits per heavy atom. The van der Waals surface area contributed by atoms with Crippen LogP contribution in [0.2, 0.25) is 0 Å². The van der Waals surface area contributed by atoms with Crippen molar-refractivity contribution in [3.8, 4) is 0 Å². The smallest absolute Gasteiger partial charge is 0.0379 e. The molecule has 2 heteroatoms. The highest BCUT2D eigenvalue weighted by Gasteiger charge is 2.25. The highest BCUT2D eigenvalue weighted by molar-refractivity contribution is 6.18. The molecule has 2 unspecified atom stereocenters. The Hall–Kier alpha value is -0.530. The lowest BCUT2D eigenvalue weighted by Gasteiger charge is -2.32. The number of hydrogen-bond acceptors (Lipinski definition) is 1. The standard InChI is InChI=1S/C14H20ClN/c1-10(2)14(8-15)16-9-12-7-11-5-3-4-6-13(11)12/h3-6,10,12,14,16H,7-9H2,1-2H3. The van der Waals surface area contributed by atoms with Gasteiger partial charge >= 0.3 is 0 Å². The number of alkyl halides is 1. The predicted molar refractivity (Wildman–Crippen MR) is 70.2 cm³/mol. The monoisotopic (exact) mass is 237 g/mol. The largest absolute Gasteiger partial charge is 0.312 e. The van der Waals surface area contributed by atoms with Crippen LogP contribution in [0.25, 0.3) is 0 Å². The van der Waals surface area contributed by atoms with Crippen molar-refractivity contribution < 1.29 is 0 Å². The molecule has 0 aromatic heterocycles. The molecule has 0 heterocycles. The molecule has 0 spiro atoms. The highest BCUT2D eigenvalue weighted by Crippen LogP contribution is 2.34. The molecule has 0 saturated heterocycles. The zero-order valence-electron chi connectivity index (χ0n) is 10.0. The van der Waals surface area contributed by atoms with Crippen molar-refractivity contribution in [2.75, 3.05) is 12.4 Å². The number of rotatable bonds is 5. The van der Waals surface area contributed by atoms with Gasteiger partial charge in [0.2, 0.25) is 0 Å². The summed E-state index contributed by atoms with van der Waals surface area (Å²) >= 11 is 5.94. The summed E-state index contributed by atoms with van der Waals surface area (Å²) in [6.07, 6.45) is 1.22. The third-order valence-corrected chi connectivity index (χ3v) is 3.89. The Morgan fingerprint density at radius 3 is 2.75 bits per heavy atom. The molecule has 1 N–H and O–H groups in total. The maximum atomic E-state index is 5.94. The van der Waals surface area contributed by atoms with Crippen molar-refractivity contribution in [1.29, 1.82) is 0 Å². The van der Waals surface area contributed by atoms with E-state index in [1.165, 1.54) is 17.5 Å². The van der Waals surface area contributed by atoms with Crippen LogP contribution in [0.5, 0.6) is 0 Å². The van der Waals surface area contributed by atoms with Gasteiger partial charge in [0, 0.05) is 24.4 Å². The minimum atomic E-state index is 0.439. The van der Waals surface area contributed by atoms with Gasteiger partial charge in [-0.15, -0.1) is 11.6 Å². The minimum Gasteiger partial charge on any atom is -0.312 e. The van der Waals surface area contributed by atoms with Crippen LogP contribution in [0.15, 0.2) is 24.3 Å². The second kappa shape index (κ2) is 5.20. The van der Waals surface area contributed by atoms with E-state index in [0.29, 0.717) is 23.8 Å². The summed E-state index contributed by atoms with van der Waals surface area (Å²) in [6.45, 7) is 5.50. The zero-order chi connectivity index (χ0) is 11.5. The van der Waals surface area contributed by atoms with Crippen LogP contribution in [0.4, 0.5) is 0 Å². The molecule has 2 rings (SSSR count). The van der Waals surface area contributed by atoms with Crippen LogP contribution in [0.3, 0.4) is 0 Å². The number of halogens is 1. The van der Waals surface area contributed by atoms with Crippen LogP contribution in [0.1, 0.15) is 30.9 Å². The van der Waals surface area contributed by atoms with Gasteiger partial charge in [0.15, 0.2) is 0 Å². The fourth-order valence-electron chi connectivity index (χ4n) is 2.31. The predicted octanol–water partition coefficient (Wildman–Crippen LogP) is 3.18. The lowest BCUT2D eigenvalue weighted by atomic mass is 9.77. The first-order chi connectivity index (χ1) is 7.72. The second-order valence-corrected chi connectivity index (χ2v) is 5.32. The minimum absolute atomic E-state index is 0.439. The summed E-state index contributed by atoms with van der Waals surface area (Å²) < 4.78 is 0. The van der Waals surface area contributed by atoms with E-state index in [0.717, 1.165) is 6.54 Å². The highest BCUT2D eigenvalue weighted by atomic mass is 35.5. The van der Waals surface area contributed by atoms with Crippen molar-refractivity contribution in [2.45, 2.75) is 32.2 Å². The van der Waals surface area contributed by atoms with Crippen LogP contribution < -0.4 is 5.32 Å². The van der Waals surface area contributed by atoms with E-state index in [4.69, 9.17) is 11.6 Å². The van der Waals surface area contributed by atoms with Crippen LogP contribution in [-0.4, -0.2) is 18.5 Å². The molecule has 88 valence electrons. The molecule has 1 aliphatic carbocycles. The fraction of sp³-hybridized carbons (Fsp3) is 0.571. The molecule has 0 amide bonds. The molecule has 2 atom stereocenters. The Labute approximate surface area is 103 Å². The van der Waals surface area contributed by atoms with Crippen molar-refractivity contribution in [3.05, 3.63) is 35.4 Å². The normalized spacial score (nSPS) is 20.4. The van der Waals surface area contributed by atoms with Crippen molar-refractivity contribution in [2.24, 2.45) is 5.92 Å². The first-order valence-corrected chi connectivity index (χ1v) is 6.63. The summed E-state index contributed by atoms with van der Waals surface area (Å²) in [4.78, 5) is 0. The molecule has 1 aromatic rings. The summed E-state index contributed by atoms with van der Waals surface area (Å²) in [7, 11) is 0. The first-order valence-electron chi connectivity index (χ1n) is 6.09.